The maximum atomic E-state index is 12.9. The number of carbonyl (C=O) groups is 2. The molecule has 0 spiro atoms. The van der Waals surface area contributed by atoms with Gasteiger partial charge in [-0.15, -0.1) is 0 Å². The van der Waals surface area contributed by atoms with E-state index in [1.54, 1.807) is 27.0 Å². The third kappa shape index (κ3) is 3.87. The average molecular weight is 409 g/mol. The quantitative estimate of drug-likeness (QED) is 0.601. The van der Waals surface area contributed by atoms with Gasteiger partial charge in [-0.2, -0.15) is 5.10 Å². The summed E-state index contributed by atoms with van der Waals surface area (Å²) in [4.78, 5) is 28.1. The van der Waals surface area contributed by atoms with Gasteiger partial charge >= 0.3 is 5.97 Å². The molecule has 1 atom stereocenters. The molecular weight excluding hydrogens is 380 g/mol. The standard InChI is InChI=1S/C23H28N4O3/c1-7-30-23(29)20-14(3)21(25-16(20)5)22(28)26-15(4)18-12-24-27(17(18)6)19-11-9-8-10-13(19)2/h8-12,15,25H,7H2,1-6H3,(H,26,28)/t15-/m0/s1. The highest BCUT2D eigenvalue weighted by atomic mass is 16.5. The van der Waals surface area contributed by atoms with Crippen LogP contribution in [-0.2, 0) is 4.74 Å². The maximum absolute atomic E-state index is 12.9. The molecule has 0 saturated heterocycles. The van der Waals surface area contributed by atoms with Crippen molar-refractivity contribution in [3.05, 3.63) is 69.8 Å². The summed E-state index contributed by atoms with van der Waals surface area (Å²) in [5, 5.41) is 7.53. The Morgan fingerprint density at radius 3 is 2.57 bits per heavy atom. The molecule has 7 heteroatoms. The molecule has 2 N–H and O–H groups in total. The molecule has 7 nitrogen and oxygen atoms in total. The van der Waals surface area contributed by atoms with Gasteiger partial charge in [-0.05, 0) is 58.7 Å². The Bertz CT molecular complexity index is 1090. The van der Waals surface area contributed by atoms with Gasteiger partial charge in [0.25, 0.3) is 5.91 Å². The van der Waals surface area contributed by atoms with E-state index in [-0.39, 0.29) is 18.6 Å². The van der Waals surface area contributed by atoms with E-state index in [0.717, 1.165) is 22.5 Å². The van der Waals surface area contributed by atoms with Gasteiger partial charge in [-0.3, -0.25) is 4.79 Å². The maximum Gasteiger partial charge on any atom is 0.340 e. The van der Waals surface area contributed by atoms with E-state index < -0.39 is 5.97 Å². The topological polar surface area (TPSA) is 89.0 Å². The summed E-state index contributed by atoms with van der Waals surface area (Å²) in [5.41, 5.74) is 6.01. The summed E-state index contributed by atoms with van der Waals surface area (Å²) in [7, 11) is 0. The van der Waals surface area contributed by atoms with Gasteiger partial charge < -0.3 is 15.0 Å². The molecular formula is C23H28N4O3. The molecule has 3 aromatic rings. The molecule has 0 radical (unpaired) electrons. The Hall–Kier alpha value is -3.35. The fourth-order valence-electron chi connectivity index (χ4n) is 3.72. The smallest absolute Gasteiger partial charge is 0.340 e. The molecule has 30 heavy (non-hydrogen) atoms. The van der Waals surface area contributed by atoms with Crippen molar-refractivity contribution in [1.82, 2.24) is 20.1 Å². The van der Waals surface area contributed by atoms with Gasteiger partial charge in [0, 0.05) is 17.0 Å². The van der Waals surface area contributed by atoms with Crippen molar-refractivity contribution in [2.24, 2.45) is 0 Å². The Labute approximate surface area is 176 Å². The molecule has 0 saturated carbocycles. The van der Waals surface area contributed by atoms with E-state index in [9.17, 15) is 9.59 Å². The zero-order chi connectivity index (χ0) is 22.0. The van der Waals surface area contributed by atoms with E-state index in [1.165, 1.54) is 0 Å². The number of nitrogens with one attached hydrogen (secondary N) is 2. The summed E-state index contributed by atoms with van der Waals surface area (Å²) in [5.74, 6) is -0.701. The zero-order valence-corrected chi connectivity index (χ0v) is 18.3. The number of hydrogen-bond donors (Lipinski definition) is 2. The number of nitrogens with zero attached hydrogens (tertiary/aromatic N) is 2. The van der Waals surface area contributed by atoms with Crippen molar-refractivity contribution in [2.75, 3.05) is 6.61 Å². The van der Waals surface area contributed by atoms with Crippen LogP contribution in [0.15, 0.2) is 30.5 Å². The number of amides is 1. The van der Waals surface area contributed by atoms with Crippen LogP contribution in [0.2, 0.25) is 0 Å². The van der Waals surface area contributed by atoms with Crippen LogP contribution >= 0.6 is 0 Å². The molecule has 1 aromatic carbocycles. The van der Waals surface area contributed by atoms with E-state index in [0.29, 0.717) is 22.5 Å². The second-order valence-corrected chi connectivity index (χ2v) is 7.42. The first kappa shape index (κ1) is 21.4. The third-order valence-corrected chi connectivity index (χ3v) is 5.35. The number of aromatic nitrogens is 3. The number of aryl methyl sites for hydroxylation is 2. The van der Waals surface area contributed by atoms with Gasteiger partial charge in [0.05, 0.1) is 30.1 Å². The zero-order valence-electron chi connectivity index (χ0n) is 18.3. The Kier molecular flexibility index (Phi) is 6.10. The van der Waals surface area contributed by atoms with Crippen LogP contribution in [-0.4, -0.2) is 33.2 Å². The SMILES string of the molecule is CCOC(=O)c1c(C)[nH]c(C(=O)N[C@@H](C)c2cnn(-c3ccccc3C)c2C)c1C. The van der Waals surface area contributed by atoms with Crippen molar-refractivity contribution in [2.45, 2.75) is 47.6 Å². The molecule has 0 bridgehead atoms. The highest BCUT2D eigenvalue weighted by Gasteiger charge is 2.24. The minimum absolute atomic E-state index is 0.260. The Morgan fingerprint density at radius 2 is 1.90 bits per heavy atom. The van der Waals surface area contributed by atoms with Crippen LogP contribution in [0.3, 0.4) is 0 Å². The fourth-order valence-corrected chi connectivity index (χ4v) is 3.72. The van der Waals surface area contributed by atoms with Crippen LogP contribution in [0.4, 0.5) is 0 Å². The number of H-pyrrole nitrogens is 1. The lowest BCUT2D eigenvalue weighted by Crippen LogP contribution is -2.28. The number of aromatic amines is 1. The molecule has 0 aliphatic carbocycles. The first-order chi connectivity index (χ1) is 14.3. The molecule has 2 aromatic heterocycles. The van der Waals surface area contributed by atoms with Crippen LogP contribution in [0.25, 0.3) is 5.69 Å². The van der Waals surface area contributed by atoms with Crippen molar-refractivity contribution >= 4 is 11.9 Å². The summed E-state index contributed by atoms with van der Waals surface area (Å²) >= 11 is 0. The van der Waals surface area contributed by atoms with Gasteiger partial charge in [-0.25, -0.2) is 9.48 Å². The number of rotatable bonds is 6. The normalized spacial score (nSPS) is 11.9. The largest absolute Gasteiger partial charge is 0.462 e. The molecule has 158 valence electrons. The second kappa shape index (κ2) is 8.57. The van der Waals surface area contributed by atoms with E-state index in [4.69, 9.17) is 4.74 Å². The van der Waals surface area contributed by atoms with Crippen LogP contribution in [0.5, 0.6) is 0 Å². The lowest BCUT2D eigenvalue weighted by molar-refractivity contribution is 0.0525. The number of esters is 1. The predicted molar refractivity (Wildman–Crippen MR) is 115 cm³/mol. The minimum Gasteiger partial charge on any atom is -0.462 e. The summed E-state index contributed by atoms with van der Waals surface area (Å²) in [6.07, 6.45) is 1.78. The minimum atomic E-state index is -0.425. The van der Waals surface area contributed by atoms with Crippen molar-refractivity contribution in [3.63, 3.8) is 0 Å². The molecule has 0 aliphatic rings. The van der Waals surface area contributed by atoms with Crippen molar-refractivity contribution in [1.29, 1.82) is 0 Å². The number of para-hydroxylation sites is 1. The van der Waals surface area contributed by atoms with Gasteiger partial charge in [0.2, 0.25) is 0 Å². The summed E-state index contributed by atoms with van der Waals surface area (Å²) < 4.78 is 6.99. The molecule has 2 heterocycles. The first-order valence-corrected chi connectivity index (χ1v) is 10.0. The second-order valence-electron chi connectivity index (χ2n) is 7.42. The number of ether oxygens (including phenoxy) is 1. The fraction of sp³-hybridized carbons (Fsp3) is 0.348. The molecule has 0 fully saturated rings. The van der Waals surface area contributed by atoms with E-state index in [1.807, 2.05) is 49.7 Å². The number of hydrogen-bond acceptors (Lipinski definition) is 4. The summed E-state index contributed by atoms with van der Waals surface area (Å²) in [6, 6.07) is 7.77. The monoisotopic (exact) mass is 408 g/mol. The van der Waals surface area contributed by atoms with Crippen molar-refractivity contribution in [3.8, 4) is 5.69 Å². The van der Waals surface area contributed by atoms with Gasteiger partial charge in [-0.1, -0.05) is 18.2 Å². The number of benzene rings is 1. The summed E-state index contributed by atoms with van der Waals surface area (Å²) in [6.45, 7) is 11.5. The number of carbonyl (C=O) groups excluding carboxylic acids is 2. The lowest BCUT2D eigenvalue weighted by Gasteiger charge is -2.15. The van der Waals surface area contributed by atoms with Crippen LogP contribution < -0.4 is 5.32 Å². The first-order valence-electron chi connectivity index (χ1n) is 10.0. The van der Waals surface area contributed by atoms with Crippen LogP contribution in [0, 0.1) is 27.7 Å². The Morgan fingerprint density at radius 1 is 1.20 bits per heavy atom. The Balaban J connectivity index is 1.83. The predicted octanol–water partition coefficient (Wildman–Crippen LogP) is 4.10. The molecule has 1 amide bonds. The van der Waals surface area contributed by atoms with Crippen LogP contribution in [0.1, 0.15) is 68.8 Å². The molecule has 0 unspecified atom stereocenters. The van der Waals surface area contributed by atoms with Gasteiger partial charge in [0.1, 0.15) is 5.69 Å². The van der Waals surface area contributed by atoms with E-state index >= 15 is 0 Å². The molecule has 0 aliphatic heterocycles. The average Bonchev–Trinajstić information content (AvgIpc) is 3.21. The van der Waals surface area contributed by atoms with Crippen molar-refractivity contribution < 1.29 is 14.3 Å². The van der Waals surface area contributed by atoms with E-state index in [2.05, 4.69) is 15.4 Å². The highest BCUT2D eigenvalue weighted by molar-refractivity contribution is 6.00. The molecule has 3 rings (SSSR count). The third-order valence-electron chi connectivity index (χ3n) is 5.35. The lowest BCUT2D eigenvalue weighted by atomic mass is 10.1. The van der Waals surface area contributed by atoms with Gasteiger partial charge in [0.15, 0.2) is 0 Å². The highest BCUT2D eigenvalue weighted by Crippen LogP contribution is 2.24.